The molecule has 0 atom stereocenters. The summed E-state index contributed by atoms with van der Waals surface area (Å²) in [5, 5.41) is 15.2. The number of fused-ring (bicyclic) bond motifs is 1. The predicted octanol–water partition coefficient (Wildman–Crippen LogP) is 8.65. The number of hydrogen-bond donors (Lipinski definition) is 2. The quantitative estimate of drug-likeness (QED) is 0.199. The molecule has 0 unspecified atom stereocenters. The SMILES string of the molecule is CC(C)(C)OC(=O)NC1CCC(n2c(C3CC3)nc3ccc(C(C(=O)O)(c4ccc(Cl)cc4)c4ccc(Cl)cc4)cc32)CC1. The first-order valence-electron chi connectivity index (χ1n) is 15.2. The number of carbonyl (C=O) groups is 2. The molecule has 7 nitrogen and oxygen atoms in total. The number of aliphatic carboxylic acids is 1. The first-order valence-corrected chi connectivity index (χ1v) is 16.0. The predicted molar refractivity (Wildman–Crippen MR) is 173 cm³/mol. The number of ether oxygens (including phenoxy) is 1. The summed E-state index contributed by atoms with van der Waals surface area (Å²) in [5.41, 5.74) is 1.56. The minimum atomic E-state index is -1.51. The third kappa shape index (κ3) is 5.92. The Labute approximate surface area is 267 Å². The van der Waals surface area contributed by atoms with Gasteiger partial charge in [-0.1, -0.05) is 53.5 Å². The van der Waals surface area contributed by atoms with Gasteiger partial charge in [-0.25, -0.2) is 9.78 Å². The number of nitrogens with one attached hydrogen (secondary N) is 1. The average Bonchev–Trinajstić information content (AvgIpc) is 3.75. The Balaban J connectivity index is 1.42. The maximum absolute atomic E-state index is 13.5. The summed E-state index contributed by atoms with van der Waals surface area (Å²) in [6.45, 7) is 5.58. The van der Waals surface area contributed by atoms with Crippen molar-refractivity contribution in [1.29, 1.82) is 0 Å². The second kappa shape index (κ2) is 11.8. The van der Waals surface area contributed by atoms with E-state index >= 15 is 0 Å². The summed E-state index contributed by atoms with van der Waals surface area (Å²) in [7, 11) is 0. The van der Waals surface area contributed by atoms with Crippen molar-refractivity contribution in [2.75, 3.05) is 0 Å². The molecule has 2 aliphatic carbocycles. The maximum atomic E-state index is 13.5. The highest BCUT2D eigenvalue weighted by atomic mass is 35.5. The van der Waals surface area contributed by atoms with Crippen LogP contribution in [0.4, 0.5) is 4.79 Å². The van der Waals surface area contributed by atoms with Crippen LogP contribution in [0, 0.1) is 0 Å². The van der Waals surface area contributed by atoms with Gasteiger partial charge in [-0.3, -0.25) is 4.79 Å². The molecule has 1 aromatic heterocycles. The van der Waals surface area contributed by atoms with Crippen LogP contribution in [0.3, 0.4) is 0 Å². The normalized spacial score (nSPS) is 19.1. The van der Waals surface area contributed by atoms with Gasteiger partial charge in [0.2, 0.25) is 0 Å². The lowest BCUT2D eigenvalue weighted by molar-refractivity contribution is -0.140. The van der Waals surface area contributed by atoms with Crippen molar-refractivity contribution in [1.82, 2.24) is 14.9 Å². The Morgan fingerprint density at radius 2 is 1.39 bits per heavy atom. The van der Waals surface area contributed by atoms with Gasteiger partial charge in [0.05, 0.1) is 11.0 Å². The molecule has 230 valence electrons. The van der Waals surface area contributed by atoms with Crippen LogP contribution in [-0.4, -0.2) is 38.4 Å². The minimum absolute atomic E-state index is 0.0466. The Bertz CT molecular complexity index is 1630. The first kappa shape index (κ1) is 30.5. The Morgan fingerprint density at radius 3 is 1.89 bits per heavy atom. The highest BCUT2D eigenvalue weighted by Gasteiger charge is 2.45. The van der Waals surface area contributed by atoms with Gasteiger partial charge in [-0.15, -0.1) is 0 Å². The monoisotopic (exact) mass is 633 g/mol. The molecule has 9 heteroatoms. The number of carboxylic acid groups (broad SMARTS) is 1. The van der Waals surface area contributed by atoms with Crippen LogP contribution >= 0.6 is 23.2 Å². The topological polar surface area (TPSA) is 93.5 Å². The molecule has 4 aromatic rings. The number of alkyl carbamates (subject to hydrolysis) is 1. The van der Waals surface area contributed by atoms with Crippen LogP contribution in [0.25, 0.3) is 11.0 Å². The fourth-order valence-corrected chi connectivity index (χ4v) is 6.83. The molecule has 2 N–H and O–H groups in total. The molecule has 3 aromatic carbocycles. The molecule has 2 aliphatic rings. The highest BCUT2D eigenvalue weighted by molar-refractivity contribution is 6.30. The van der Waals surface area contributed by atoms with Gasteiger partial charge >= 0.3 is 12.1 Å². The van der Waals surface area contributed by atoms with Crippen molar-refractivity contribution in [2.45, 2.75) is 88.3 Å². The molecule has 1 amide bonds. The van der Waals surface area contributed by atoms with Crippen LogP contribution in [0.5, 0.6) is 0 Å². The number of carbonyl (C=O) groups excluding carboxylic acids is 1. The lowest BCUT2D eigenvalue weighted by atomic mass is 9.69. The van der Waals surface area contributed by atoms with Crippen LogP contribution in [0.15, 0.2) is 66.7 Å². The zero-order chi connectivity index (χ0) is 31.2. The van der Waals surface area contributed by atoms with E-state index in [1.165, 1.54) is 0 Å². The molecule has 2 fully saturated rings. The largest absolute Gasteiger partial charge is 0.480 e. The fraction of sp³-hybridized carbons (Fsp3) is 0.400. The van der Waals surface area contributed by atoms with E-state index in [-0.39, 0.29) is 18.2 Å². The van der Waals surface area contributed by atoms with E-state index in [0.717, 1.165) is 55.4 Å². The van der Waals surface area contributed by atoms with Gasteiger partial charge in [0.15, 0.2) is 0 Å². The lowest BCUT2D eigenvalue weighted by Gasteiger charge is -2.33. The van der Waals surface area contributed by atoms with E-state index in [4.69, 9.17) is 32.9 Å². The first-order chi connectivity index (χ1) is 21.0. The van der Waals surface area contributed by atoms with Gasteiger partial charge < -0.3 is 19.7 Å². The summed E-state index contributed by atoms with van der Waals surface area (Å²) in [4.78, 5) is 31.0. The highest BCUT2D eigenvalue weighted by Crippen LogP contribution is 2.46. The second-order valence-corrected chi connectivity index (χ2v) is 13.9. The van der Waals surface area contributed by atoms with Crippen LogP contribution in [0.1, 0.15) is 93.8 Å². The third-order valence-electron chi connectivity index (χ3n) is 8.75. The number of halogens is 2. The fourth-order valence-electron chi connectivity index (χ4n) is 6.58. The molecule has 0 radical (unpaired) electrons. The molecule has 6 rings (SSSR count). The number of hydrogen-bond acceptors (Lipinski definition) is 4. The molecule has 0 bridgehead atoms. The average molecular weight is 635 g/mol. The van der Waals surface area contributed by atoms with Crippen LogP contribution in [-0.2, 0) is 14.9 Å². The molecule has 44 heavy (non-hydrogen) atoms. The zero-order valence-corrected chi connectivity index (χ0v) is 26.7. The minimum Gasteiger partial charge on any atom is -0.480 e. The van der Waals surface area contributed by atoms with E-state index in [1.807, 2.05) is 39.0 Å². The summed E-state index contributed by atoms with van der Waals surface area (Å²) < 4.78 is 7.84. The van der Waals surface area contributed by atoms with Gasteiger partial charge in [0, 0.05) is 28.0 Å². The standard InChI is InChI=1S/C35H37Cl2N3O4/c1-34(2,3)44-33(43)38-27-15-17-28(18-16-27)40-30-20-24(10-19-29(30)39-31(40)21-4-5-21)35(32(41)42,22-6-11-25(36)12-7-22)23-8-13-26(37)14-9-23/h6-14,19-21,27-28H,4-5,15-18H2,1-3H3,(H,38,43)(H,41,42). The lowest BCUT2D eigenvalue weighted by Crippen LogP contribution is -2.41. The van der Waals surface area contributed by atoms with Crippen LogP contribution in [0.2, 0.25) is 10.0 Å². The van der Waals surface area contributed by atoms with Crippen molar-refractivity contribution in [3.8, 4) is 0 Å². The van der Waals surface area contributed by atoms with E-state index in [9.17, 15) is 14.7 Å². The maximum Gasteiger partial charge on any atom is 0.407 e. The van der Waals surface area contributed by atoms with E-state index in [2.05, 4.69) is 9.88 Å². The summed E-state index contributed by atoms with van der Waals surface area (Å²) in [5.74, 6) is 0.475. The number of rotatable bonds is 7. The molecule has 2 saturated carbocycles. The van der Waals surface area contributed by atoms with Crippen molar-refractivity contribution in [3.05, 3.63) is 99.3 Å². The molecule has 1 heterocycles. The Hall–Kier alpha value is -3.55. The number of amides is 1. The molecule has 0 saturated heterocycles. The number of benzene rings is 3. The summed E-state index contributed by atoms with van der Waals surface area (Å²) in [6.07, 6.45) is 5.19. The van der Waals surface area contributed by atoms with Crippen molar-refractivity contribution >= 4 is 46.3 Å². The summed E-state index contributed by atoms with van der Waals surface area (Å²) in [6, 6.07) is 20.1. The van der Waals surface area contributed by atoms with E-state index < -0.39 is 17.0 Å². The number of imidazole rings is 1. The smallest absolute Gasteiger partial charge is 0.407 e. The molecular weight excluding hydrogens is 597 g/mol. The van der Waals surface area contributed by atoms with Crippen LogP contribution < -0.4 is 5.32 Å². The van der Waals surface area contributed by atoms with Gasteiger partial charge in [-0.05, 0) is 112 Å². The van der Waals surface area contributed by atoms with Gasteiger partial charge in [0.1, 0.15) is 16.8 Å². The van der Waals surface area contributed by atoms with Crippen molar-refractivity contribution < 1.29 is 19.4 Å². The number of aromatic nitrogens is 2. The van der Waals surface area contributed by atoms with E-state index in [1.54, 1.807) is 48.5 Å². The number of carboxylic acids is 1. The number of nitrogens with zero attached hydrogens (tertiary/aromatic N) is 2. The second-order valence-electron chi connectivity index (χ2n) is 13.0. The molecule has 0 spiro atoms. The van der Waals surface area contributed by atoms with Crippen molar-refractivity contribution in [3.63, 3.8) is 0 Å². The molecule has 0 aliphatic heterocycles. The third-order valence-corrected chi connectivity index (χ3v) is 9.25. The van der Waals surface area contributed by atoms with Gasteiger partial charge in [0.25, 0.3) is 0 Å². The summed E-state index contributed by atoms with van der Waals surface area (Å²) >= 11 is 12.5. The van der Waals surface area contributed by atoms with E-state index in [0.29, 0.717) is 32.7 Å². The Kier molecular flexibility index (Phi) is 8.14. The molecular formula is C35H37Cl2N3O4. The van der Waals surface area contributed by atoms with Gasteiger partial charge in [-0.2, -0.15) is 0 Å². The Morgan fingerprint density at radius 1 is 0.841 bits per heavy atom. The zero-order valence-electron chi connectivity index (χ0n) is 25.1. The van der Waals surface area contributed by atoms with Crippen molar-refractivity contribution in [2.24, 2.45) is 0 Å².